The molecule has 1 N–H and O–H groups in total. The van der Waals surface area contributed by atoms with Crippen LogP contribution in [0.4, 0.5) is 11.4 Å². The minimum atomic E-state index is -4.64. The molecule has 0 bridgehead atoms. The molecular weight excluding hydrogens is 660 g/mol. The van der Waals surface area contributed by atoms with Crippen LogP contribution < -0.4 is 19.1 Å². The lowest BCUT2D eigenvalue weighted by molar-refractivity contribution is -0.385. The molecule has 1 atom stereocenters. The number of methoxy groups -OCH3 is 2. The first-order valence-electron chi connectivity index (χ1n) is 15.7. The number of halogens is 1. The lowest BCUT2D eigenvalue weighted by Crippen LogP contribution is -2.54. The second kappa shape index (κ2) is 16.2. The van der Waals surface area contributed by atoms with Crippen molar-refractivity contribution >= 4 is 44.8 Å². The van der Waals surface area contributed by atoms with Crippen LogP contribution in [0.15, 0.2) is 65.6 Å². The highest BCUT2D eigenvalue weighted by atomic mass is 35.5. The second-order valence-electron chi connectivity index (χ2n) is 11.7. The van der Waals surface area contributed by atoms with E-state index in [4.69, 9.17) is 21.1 Å². The topological polar surface area (TPSA) is 148 Å². The fraction of sp³-hybridized carbons (Fsp3) is 0.412. The first-order chi connectivity index (χ1) is 22.9. The maximum Gasteiger partial charge on any atom is 0.273 e. The maximum absolute atomic E-state index is 14.5. The summed E-state index contributed by atoms with van der Waals surface area (Å²) in [6, 6.07) is 13.9. The van der Waals surface area contributed by atoms with Crippen LogP contribution in [0, 0.1) is 17.0 Å². The third kappa shape index (κ3) is 8.56. The number of nitrogens with zero attached hydrogens (tertiary/aromatic N) is 3. The van der Waals surface area contributed by atoms with Gasteiger partial charge in [0.05, 0.1) is 29.7 Å². The highest BCUT2D eigenvalue weighted by Crippen LogP contribution is 2.36. The van der Waals surface area contributed by atoms with Crippen LogP contribution in [0.2, 0.25) is 5.02 Å². The van der Waals surface area contributed by atoms with Gasteiger partial charge < -0.3 is 19.7 Å². The van der Waals surface area contributed by atoms with Gasteiger partial charge in [0.25, 0.3) is 15.7 Å². The zero-order valence-electron chi connectivity index (χ0n) is 27.5. The molecule has 14 heteroatoms. The number of aryl methyl sites for hydroxylation is 1. The first-order valence-corrected chi connectivity index (χ1v) is 17.6. The van der Waals surface area contributed by atoms with Crippen molar-refractivity contribution in [2.24, 2.45) is 0 Å². The number of rotatable bonds is 14. The van der Waals surface area contributed by atoms with Gasteiger partial charge in [-0.2, -0.15) is 0 Å². The summed E-state index contributed by atoms with van der Waals surface area (Å²) < 4.78 is 40.4. The van der Waals surface area contributed by atoms with E-state index in [-0.39, 0.29) is 46.9 Å². The van der Waals surface area contributed by atoms with Crippen LogP contribution in [0.5, 0.6) is 11.5 Å². The third-order valence-corrected chi connectivity index (χ3v) is 10.5. The Labute approximate surface area is 286 Å². The van der Waals surface area contributed by atoms with Gasteiger partial charge in [0.1, 0.15) is 24.1 Å². The van der Waals surface area contributed by atoms with Crippen molar-refractivity contribution in [3.63, 3.8) is 0 Å². The Bertz CT molecular complexity index is 1750. The molecule has 0 saturated heterocycles. The summed E-state index contributed by atoms with van der Waals surface area (Å²) in [7, 11) is -1.78. The molecule has 0 spiro atoms. The average molecular weight is 701 g/mol. The van der Waals surface area contributed by atoms with Gasteiger partial charge >= 0.3 is 0 Å². The van der Waals surface area contributed by atoms with E-state index in [2.05, 4.69) is 5.32 Å². The van der Waals surface area contributed by atoms with Crippen LogP contribution in [0.1, 0.15) is 56.6 Å². The van der Waals surface area contributed by atoms with Crippen molar-refractivity contribution in [2.75, 3.05) is 25.1 Å². The predicted molar refractivity (Wildman–Crippen MR) is 183 cm³/mol. The summed E-state index contributed by atoms with van der Waals surface area (Å²) in [4.78, 5) is 40.3. The molecule has 1 aliphatic carbocycles. The predicted octanol–water partition coefficient (Wildman–Crippen LogP) is 6.03. The van der Waals surface area contributed by atoms with Crippen molar-refractivity contribution in [1.29, 1.82) is 0 Å². The Morgan fingerprint density at radius 1 is 1.04 bits per heavy atom. The molecule has 0 radical (unpaired) electrons. The van der Waals surface area contributed by atoms with Crippen LogP contribution in [0.25, 0.3) is 0 Å². The molecule has 258 valence electrons. The Balaban J connectivity index is 1.81. The molecule has 2 amide bonds. The highest BCUT2D eigenvalue weighted by Gasteiger charge is 2.36. The number of ether oxygens (including phenoxy) is 2. The van der Waals surface area contributed by atoms with Crippen LogP contribution in [-0.2, 0) is 26.2 Å². The highest BCUT2D eigenvalue weighted by molar-refractivity contribution is 7.92. The van der Waals surface area contributed by atoms with Crippen LogP contribution >= 0.6 is 11.6 Å². The quantitative estimate of drug-likeness (QED) is 0.158. The number of sulfonamides is 1. The van der Waals surface area contributed by atoms with Crippen LogP contribution in [-0.4, -0.2) is 62.9 Å². The van der Waals surface area contributed by atoms with Crippen molar-refractivity contribution in [1.82, 2.24) is 10.2 Å². The van der Waals surface area contributed by atoms with E-state index in [9.17, 15) is 28.1 Å². The number of carbonyl (C=O) groups excluding carboxylic acids is 2. The fourth-order valence-electron chi connectivity index (χ4n) is 5.88. The number of carbonyl (C=O) groups is 2. The third-order valence-electron chi connectivity index (χ3n) is 8.48. The van der Waals surface area contributed by atoms with E-state index in [1.54, 1.807) is 31.2 Å². The molecule has 1 aliphatic rings. The fourth-order valence-corrected chi connectivity index (χ4v) is 7.48. The van der Waals surface area contributed by atoms with E-state index in [1.165, 1.54) is 56.4 Å². The van der Waals surface area contributed by atoms with Crippen molar-refractivity contribution in [2.45, 2.75) is 75.9 Å². The molecule has 3 aromatic carbocycles. The number of hydrogen-bond acceptors (Lipinski definition) is 8. The molecule has 0 aromatic heterocycles. The van der Waals surface area contributed by atoms with Gasteiger partial charge in [-0.3, -0.25) is 24.0 Å². The number of nitro benzene ring substituents is 1. The number of nitrogens with one attached hydrogen (secondary N) is 1. The number of anilines is 1. The largest absolute Gasteiger partial charge is 0.497 e. The zero-order valence-corrected chi connectivity index (χ0v) is 29.1. The van der Waals surface area contributed by atoms with Crippen molar-refractivity contribution in [3.8, 4) is 11.5 Å². The molecule has 0 heterocycles. The minimum Gasteiger partial charge on any atom is -0.497 e. The smallest absolute Gasteiger partial charge is 0.273 e. The average Bonchev–Trinajstić information content (AvgIpc) is 3.07. The minimum absolute atomic E-state index is 0.0148. The molecule has 3 aromatic rings. The van der Waals surface area contributed by atoms with Gasteiger partial charge in [0.2, 0.25) is 11.8 Å². The van der Waals surface area contributed by atoms with E-state index >= 15 is 0 Å². The summed E-state index contributed by atoms with van der Waals surface area (Å²) in [5, 5.41) is 15.0. The summed E-state index contributed by atoms with van der Waals surface area (Å²) in [5.41, 5.74) is 0.477. The summed E-state index contributed by atoms with van der Waals surface area (Å²) in [6.07, 6.45) is 5.04. The number of amides is 2. The summed E-state index contributed by atoms with van der Waals surface area (Å²) in [6.45, 7) is 2.49. The molecule has 0 unspecified atom stereocenters. The second-order valence-corrected chi connectivity index (χ2v) is 14.0. The van der Waals surface area contributed by atoms with E-state index in [0.717, 1.165) is 42.5 Å². The number of benzene rings is 3. The van der Waals surface area contributed by atoms with Crippen LogP contribution in [0.3, 0.4) is 0 Å². The van der Waals surface area contributed by atoms with Crippen molar-refractivity contribution in [3.05, 3.63) is 86.9 Å². The Morgan fingerprint density at radius 2 is 1.77 bits per heavy atom. The Kier molecular flexibility index (Phi) is 12.3. The van der Waals surface area contributed by atoms with Crippen molar-refractivity contribution < 1.29 is 32.4 Å². The van der Waals surface area contributed by atoms with Gasteiger partial charge in [-0.1, -0.05) is 56.0 Å². The first kappa shape index (κ1) is 36.5. The summed E-state index contributed by atoms with van der Waals surface area (Å²) in [5.74, 6) is -0.368. The van der Waals surface area contributed by atoms with Gasteiger partial charge in [-0.25, -0.2) is 8.42 Å². The normalized spacial score (nSPS) is 14.1. The molecule has 1 fully saturated rings. The van der Waals surface area contributed by atoms with Gasteiger partial charge in [0, 0.05) is 29.2 Å². The number of nitro groups is 1. The maximum atomic E-state index is 14.5. The van der Waals surface area contributed by atoms with Gasteiger partial charge in [0.15, 0.2) is 0 Å². The molecule has 0 aliphatic heterocycles. The van der Waals surface area contributed by atoms with E-state index < -0.39 is 44.0 Å². The zero-order chi connectivity index (χ0) is 35.0. The monoisotopic (exact) mass is 700 g/mol. The number of hydrogen-bond donors (Lipinski definition) is 1. The van der Waals surface area contributed by atoms with Gasteiger partial charge in [-0.05, 0) is 68.1 Å². The SMILES string of the molecule is CC[C@H](C(=O)NC1CCCCC1)N(Cc1cccc(OC)c1)C(=O)CN(c1cc(Cl)ccc1OC)S(=O)(=O)c1ccc(C)c([N+](=O)[O-])c1. The Morgan fingerprint density at radius 3 is 2.42 bits per heavy atom. The standard InChI is InChI=1S/C34H41ClN4O8S/c1-5-29(34(41)36-26-11-7-6-8-12-26)37(21-24-10-9-13-27(18-24)46-3)33(40)22-38(31-19-25(35)15-17-32(31)47-4)48(44,45)28-16-14-23(2)30(20-28)39(42)43/h9-10,13-20,26,29H,5-8,11-12,21-22H2,1-4H3,(H,36,41)/t29-/m1/s1. The Hall–Kier alpha value is -4.36. The van der Waals surface area contributed by atoms with E-state index in [1.807, 2.05) is 0 Å². The molecule has 4 rings (SSSR count). The lowest BCUT2D eigenvalue weighted by atomic mass is 9.95. The molecule has 1 saturated carbocycles. The lowest BCUT2D eigenvalue weighted by Gasteiger charge is -2.34. The van der Waals surface area contributed by atoms with E-state index in [0.29, 0.717) is 11.3 Å². The summed E-state index contributed by atoms with van der Waals surface area (Å²) >= 11 is 6.32. The molecule has 12 nitrogen and oxygen atoms in total. The van der Waals surface area contributed by atoms with Gasteiger partial charge in [-0.15, -0.1) is 0 Å². The molecule has 48 heavy (non-hydrogen) atoms. The molecular formula is C34H41ClN4O8S.